The second kappa shape index (κ2) is 11.1. The summed E-state index contributed by atoms with van der Waals surface area (Å²) < 4.78 is 1.63. The molecule has 2 heterocycles. The van der Waals surface area contributed by atoms with Gasteiger partial charge in [0.05, 0.1) is 11.3 Å². The standard InChI is InChI=1S/C32H37N5O2/c1-22-34-31(30(33)38)35-37(22)29-14-8-24(9-15-29)20-23-4-10-26(11-5-23)27-12-6-25(7-13-27)21-36-18-16-28(17-19-36)32(2,3)39/h4-15,28,39H,16-21H2,1-3H3,(H2,33,38). The molecule has 0 radical (unpaired) electrons. The van der Waals surface area contributed by atoms with Gasteiger partial charge in [-0.25, -0.2) is 9.67 Å². The third-order valence-electron chi connectivity index (χ3n) is 7.81. The minimum Gasteiger partial charge on any atom is -0.390 e. The van der Waals surface area contributed by atoms with Crippen molar-refractivity contribution in [1.82, 2.24) is 19.7 Å². The van der Waals surface area contributed by atoms with Gasteiger partial charge >= 0.3 is 0 Å². The van der Waals surface area contributed by atoms with Crippen LogP contribution in [0.15, 0.2) is 72.8 Å². The van der Waals surface area contributed by atoms with Crippen molar-refractivity contribution in [3.63, 3.8) is 0 Å². The lowest BCUT2D eigenvalue weighted by Crippen LogP contribution is -2.41. The quantitative estimate of drug-likeness (QED) is 0.342. The Morgan fingerprint density at radius 2 is 1.41 bits per heavy atom. The van der Waals surface area contributed by atoms with E-state index in [9.17, 15) is 9.90 Å². The van der Waals surface area contributed by atoms with Crippen LogP contribution in [-0.2, 0) is 13.0 Å². The van der Waals surface area contributed by atoms with Gasteiger partial charge in [-0.05, 0) is 99.0 Å². The Bertz CT molecular complexity index is 1410. The summed E-state index contributed by atoms with van der Waals surface area (Å²) in [5.74, 6) is 0.397. The van der Waals surface area contributed by atoms with E-state index in [1.165, 1.54) is 27.8 Å². The van der Waals surface area contributed by atoms with Gasteiger partial charge in [0, 0.05) is 6.54 Å². The summed E-state index contributed by atoms with van der Waals surface area (Å²) in [5, 5.41) is 14.5. The third-order valence-corrected chi connectivity index (χ3v) is 7.81. The number of aliphatic hydroxyl groups is 1. The number of benzene rings is 3. The Hall–Kier alpha value is -3.81. The number of hydrogen-bond acceptors (Lipinski definition) is 5. The maximum Gasteiger partial charge on any atom is 0.288 e. The highest BCUT2D eigenvalue weighted by Crippen LogP contribution is 2.29. The SMILES string of the molecule is Cc1nc(C(N)=O)nn1-c1ccc(Cc2ccc(-c3ccc(CN4CCC(C(C)(C)O)CC4)cc3)cc2)cc1. The van der Waals surface area contributed by atoms with Crippen LogP contribution in [0.4, 0.5) is 0 Å². The molecule has 0 spiro atoms. The van der Waals surface area contributed by atoms with E-state index < -0.39 is 11.5 Å². The average Bonchev–Trinajstić information content (AvgIpc) is 3.32. The summed E-state index contributed by atoms with van der Waals surface area (Å²) in [6, 6.07) is 25.7. The zero-order chi connectivity index (χ0) is 27.6. The number of carbonyl (C=O) groups excluding carboxylic acids is 1. The van der Waals surface area contributed by atoms with Crippen LogP contribution in [0, 0.1) is 12.8 Å². The first kappa shape index (κ1) is 26.8. The molecule has 0 saturated carbocycles. The molecule has 1 amide bonds. The highest BCUT2D eigenvalue weighted by molar-refractivity contribution is 5.88. The lowest BCUT2D eigenvalue weighted by Gasteiger charge is -2.37. The molecular weight excluding hydrogens is 486 g/mol. The molecule has 1 aliphatic rings. The van der Waals surface area contributed by atoms with Crippen molar-refractivity contribution in [2.45, 2.75) is 52.2 Å². The van der Waals surface area contributed by atoms with Crippen LogP contribution >= 0.6 is 0 Å². The number of likely N-dealkylation sites (tertiary alicyclic amines) is 1. The Balaban J connectivity index is 1.17. The summed E-state index contributed by atoms with van der Waals surface area (Å²) in [5.41, 5.74) is 11.7. The largest absolute Gasteiger partial charge is 0.390 e. The number of rotatable bonds is 8. The van der Waals surface area contributed by atoms with E-state index in [4.69, 9.17) is 5.73 Å². The Labute approximate surface area is 230 Å². The van der Waals surface area contributed by atoms with Crippen LogP contribution in [0.3, 0.4) is 0 Å². The molecule has 7 heteroatoms. The van der Waals surface area contributed by atoms with E-state index in [1.807, 2.05) is 26.0 Å². The van der Waals surface area contributed by atoms with E-state index in [0.717, 1.165) is 44.6 Å². The topological polar surface area (TPSA) is 97.3 Å². The van der Waals surface area contributed by atoms with Crippen molar-refractivity contribution < 1.29 is 9.90 Å². The number of nitrogens with zero attached hydrogens (tertiary/aromatic N) is 4. The van der Waals surface area contributed by atoms with Crippen LogP contribution in [-0.4, -0.2) is 49.4 Å². The lowest BCUT2D eigenvalue weighted by atomic mass is 9.83. The summed E-state index contributed by atoms with van der Waals surface area (Å²) in [6.07, 6.45) is 2.93. The van der Waals surface area contributed by atoms with E-state index in [2.05, 4.69) is 75.6 Å². The van der Waals surface area contributed by atoms with Gasteiger partial charge < -0.3 is 10.8 Å². The van der Waals surface area contributed by atoms with Gasteiger partial charge in [-0.3, -0.25) is 9.69 Å². The van der Waals surface area contributed by atoms with Crippen LogP contribution in [0.25, 0.3) is 16.8 Å². The Morgan fingerprint density at radius 3 is 1.90 bits per heavy atom. The first-order valence-corrected chi connectivity index (χ1v) is 13.6. The fourth-order valence-electron chi connectivity index (χ4n) is 5.40. The zero-order valence-electron chi connectivity index (χ0n) is 23.0. The van der Waals surface area contributed by atoms with E-state index in [1.54, 1.807) is 11.6 Å². The predicted octanol–water partition coefficient (Wildman–Crippen LogP) is 4.92. The Morgan fingerprint density at radius 1 is 0.897 bits per heavy atom. The first-order chi connectivity index (χ1) is 18.7. The van der Waals surface area contributed by atoms with Crippen molar-refractivity contribution in [2.24, 2.45) is 11.7 Å². The van der Waals surface area contributed by atoms with Gasteiger partial charge in [-0.1, -0.05) is 60.7 Å². The molecule has 0 bridgehead atoms. The van der Waals surface area contributed by atoms with Crippen LogP contribution in [0.5, 0.6) is 0 Å². The molecule has 0 aliphatic carbocycles. The van der Waals surface area contributed by atoms with Gasteiger partial charge in [0.15, 0.2) is 0 Å². The highest BCUT2D eigenvalue weighted by atomic mass is 16.3. The van der Waals surface area contributed by atoms with Crippen molar-refractivity contribution in [3.8, 4) is 16.8 Å². The third kappa shape index (κ3) is 6.44. The molecule has 1 fully saturated rings. The molecule has 202 valence electrons. The van der Waals surface area contributed by atoms with Crippen molar-refractivity contribution in [2.75, 3.05) is 13.1 Å². The van der Waals surface area contributed by atoms with Crippen LogP contribution in [0.2, 0.25) is 0 Å². The number of piperidine rings is 1. The molecule has 5 rings (SSSR count). The van der Waals surface area contributed by atoms with E-state index >= 15 is 0 Å². The van der Waals surface area contributed by atoms with Gasteiger partial charge in [-0.2, -0.15) is 0 Å². The second-order valence-corrected chi connectivity index (χ2v) is 11.2. The van der Waals surface area contributed by atoms with E-state index in [0.29, 0.717) is 11.7 Å². The maximum absolute atomic E-state index is 11.4. The number of primary amides is 1. The zero-order valence-corrected chi connectivity index (χ0v) is 23.0. The number of amides is 1. The molecule has 4 aromatic rings. The van der Waals surface area contributed by atoms with Gasteiger partial charge in [-0.15, -0.1) is 5.10 Å². The number of aromatic nitrogens is 3. The number of hydrogen-bond donors (Lipinski definition) is 2. The average molecular weight is 524 g/mol. The molecule has 1 aliphatic heterocycles. The molecule has 7 nitrogen and oxygen atoms in total. The van der Waals surface area contributed by atoms with Crippen LogP contribution in [0.1, 0.15) is 59.8 Å². The Kier molecular flexibility index (Phi) is 7.64. The van der Waals surface area contributed by atoms with Gasteiger partial charge in [0.2, 0.25) is 5.82 Å². The first-order valence-electron chi connectivity index (χ1n) is 13.6. The molecule has 0 unspecified atom stereocenters. The lowest BCUT2D eigenvalue weighted by molar-refractivity contribution is -0.0136. The van der Waals surface area contributed by atoms with Crippen molar-refractivity contribution in [3.05, 3.63) is 101 Å². The summed E-state index contributed by atoms with van der Waals surface area (Å²) in [6.45, 7) is 8.70. The minimum atomic E-state index is -0.632. The highest BCUT2D eigenvalue weighted by Gasteiger charge is 2.30. The summed E-state index contributed by atoms with van der Waals surface area (Å²) in [7, 11) is 0. The molecule has 3 aromatic carbocycles. The van der Waals surface area contributed by atoms with Gasteiger partial charge in [0.25, 0.3) is 5.91 Å². The molecule has 1 aromatic heterocycles. The molecule has 39 heavy (non-hydrogen) atoms. The maximum atomic E-state index is 11.4. The summed E-state index contributed by atoms with van der Waals surface area (Å²) in [4.78, 5) is 18.0. The minimum absolute atomic E-state index is 0.0226. The second-order valence-electron chi connectivity index (χ2n) is 11.2. The fourth-order valence-corrected chi connectivity index (χ4v) is 5.40. The smallest absolute Gasteiger partial charge is 0.288 e. The summed E-state index contributed by atoms with van der Waals surface area (Å²) >= 11 is 0. The van der Waals surface area contributed by atoms with Crippen molar-refractivity contribution >= 4 is 5.91 Å². The number of nitrogens with two attached hydrogens (primary N) is 1. The van der Waals surface area contributed by atoms with Crippen molar-refractivity contribution in [1.29, 1.82) is 0 Å². The number of carbonyl (C=O) groups is 1. The monoisotopic (exact) mass is 523 g/mol. The van der Waals surface area contributed by atoms with E-state index in [-0.39, 0.29) is 5.82 Å². The normalized spacial score (nSPS) is 15.0. The molecule has 0 atom stereocenters. The predicted molar refractivity (Wildman–Crippen MR) is 154 cm³/mol. The van der Waals surface area contributed by atoms with Crippen LogP contribution < -0.4 is 5.73 Å². The number of aryl methyl sites for hydroxylation is 1. The van der Waals surface area contributed by atoms with Gasteiger partial charge in [0.1, 0.15) is 5.82 Å². The molecule has 1 saturated heterocycles. The molecule has 3 N–H and O–H groups in total. The molecular formula is C32H37N5O2. The fraction of sp³-hybridized carbons (Fsp3) is 0.344.